The molecule has 0 saturated heterocycles. The second-order valence-corrected chi connectivity index (χ2v) is 4.32. The molecule has 0 spiro atoms. The van der Waals surface area contributed by atoms with Crippen molar-refractivity contribution in [2.24, 2.45) is 0 Å². The Hall–Kier alpha value is -1.83. The zero-order valence-corrected chi connectivity index (χ0v) is 10.8. The lowest BCUT2D eigenvalue weighted by Crippen LogP contribution is -2.15. The average molecular weight is 242 g/mol. The van der Waals surface area contributed by atoms with Crippen LogP contribution < -0.4 is 0 Å². The van der Waals surface area contributed by atoms with Crippen molar-refractivity contribution in [3.05, 3.63) is 48.0 Å². The van der Waals surface area contributed by atoms with Crippen molar-refractivity contribution in [2.45, 2.75) is 26.2 Å². The molecular formula is C16H18O2. The number of hydrogen-bond donors (Lipinski definition) is 0. The summed E-state index contributed by atoms with van der Waals surface area (Å²) in [6, 6.07) is 14.3. The Kier molecular flexibility index (Phi) is 3.98. The van der Waals surface area contributed by atoms with Crippen LogP contribution in [0.4, 0.5) is 0 Å². The number of rotatable bonds is 4. The van der Waals surface area contributed by atoms with Crippen LogP contribution in [0.5, 0.6) is 0 Å². The largest absolute Gasteiger partial charge is 0.466 e. The SMILES string of the molecule is CCOC(=O)C(CC)c1ccc2ccccc2c1. The molecule has 0 N–H and O–H groups in total. The number of carbonyl (C=O) groups excluding carboxylic acids is 1. The molecule has 18 heavy (non-hydrogen) atoms. The monoisotopic (exact) mass is 242 g/mol. The van der Waals surface area contributed by atoms with E-state index in [1.807, 2.05) is 32.0 Å². The fraction of sp³-hybridized carbons (Fsp3) is 0.312. The van der Waals surface area contributed by atoms with Gasteiger partial charge in [-0.1, -0.05) is 49.4 Å². The van der Waals surface area contributed by atoms with Gasteiger partial charge in [0.2, 0.25) is 0 Å². The molecule has 1 atom stereocenters. The molecule has 2 aromatic carbocycles. The molecule has 2 aromatic rings. The third-order valence-electron chi connectivity index (χ3n) is 3.16. The maximum absolute atomic E-state index is 11.9. The number of hydrogen-bond acceptors (Lipinski definition) is 2. The number of carbonyl (C=O) groups is 1. The lowest BCUT2D eigenvalue weighted by atomic mass is 9.94. The molecule has 0 bridgehead atoms. The van der Waals surface area contributed by atoms with Crippen LogP contribution in [-0.4, -0.2) is 12.6 Å². The summed E-state index contributed by atoms with van der Waals surface area (Å²) in [6.45, 7) is 4.28. The van der Waals surface area contributed by atoms with E-state index in [1.165, 1.54) is 5.39 Å². The highest BCUT2D eigenvalue weighted by molar-refractivity contribution is 5.85. The Morgan fingerprint density at radius 1 is 1.11 bits per heavy atom. The number of fused-ring (bicyclic) bond motifs is 1. The van der Waals surface area contributed by atoms with Gasteiger partial charge in [-0.3, -0.25) is 4.79 Å². The zero-order chi connectivity index (χ0) is 13.0. The summed E-state index contributed by atoms with van der Waals surface area (Å²) in [5, 5.41) is 2.36. The fourth-order valence-corrected chi connectivity index (χ4v) is 2.21. The molecule has 0 radical (unpaired) electrons. The van der Waals surface area contributed by atoms with Gasteiger partial charge in [-0.2, -0.15) is 0 Å². The third kappa shape index (κ3) is 2.53. The zero-order valence-electron chi connectivity index (χ0n) is 10.8. The van der Waals surface area contributed by atoms with Crippen molar-refractivity contribution in [2.75, 3.05) is 6.61 Å². The molecule has 0 fully saturated rings. The summed E-state index contributed by atoms with van der Waals surface area (Å²) in [4.78, 5) is 11.9. The van der Waals surface area contributed by atoms with Gasteiger partial charge >= 0.3 is 5.97 Å². The maximum Gasteiger partial charge on any atom is 0.313 e. The molecule has 1 unspecified atom stereocenters. The first-order valence-electron chi connectivity index (χ1n) is 6.41. The molecule has 0 aliphatic heterocycles. The summed E-state index contributed by atoms with van der Waals surface area (Å²) in [7, 11) is 0. The molecule has 0 aliphatic rings. The van der Waals surface area contributed by atoms with Crippen LogP contribution in [0, 0.1) is 0 Å². The molecule has 0 amide bonds. The Labute approximate surface area is 108 Å². The lowest BCUT2D eigenvalue weighted by Gasteiger charge is -2.14. The summed E-state index contributed by atoms with van der Waals surface area (Å²) in [6.07, 6.45) is 0.761. The second-order valence-electron chi connectivity index (χ2n) is 4.32. The molecule has 0 heterocycles. The highest BCUT2D eigenvalue weighted by Gasteiger charge is 2.19. The van der Waals surface area contributed by atoms with Crippen LogP contribution in [0.2, 0.25) is 0 Å². The van der Waals surface area contributed by atoms with Crippen molar-refractivity contribution in [1.29, 1.82) is 0 Å². The quantitative estimate of drug-likeness (QED) is 0.760. The summed E-state index contributed by atoms with van der Waals surface area (Å²) in [5.74, 6) is -0.287. The van der Waals surface area contributed by atoms with E-state index in [2.05, 4.69) is 24.3 Å². The Morgan fingerprint density at radius 2 is 1.83 bits per heavy atom. The first-order valence-corrected chi connectivity index (χ1v) is 6.41. The Bertz CT molecular complexity index is 546. The van der Waals surface area contributed by atoms with Crippen molar-refractivity contribution < 1.29 is 9.53 Å². The van der Waals surface area contributed by atoms with E-state index in [-0.39, 0.29) is 11.9 Å². The molecule has 0 saturated carbocycles. The predicted octanol–water partition coefficient (Wildman–Crippen LogP) is 3.90. The van der Waals surface area contributed by atoms with Gasteiger partial charge in [0, 0.05) is 0 Å². The van der Waals surface area contributed by atoms with E-state index in [9.17, 15) is 4.79 Å². The van der Waals surface area contributed by atoms with Gasteiger partial charge in [0.1, 0.15) is 0 Å². The first-order chi connectivity index (χ1) is 8.76. The smallest absolute Gasteiger partial charge is 0.313 e. The van der Waals surface area contributed by atoms with E-state index < -0.39 is 0 Å². The van der Waals surface area contributed by atoms with Crippen molar-refractivity contribution in [3.8, 4) is 0 Å². The van der Waals surface area contributed by atoms with Gasteiger partial charge in [-0.05, 0) is 29.7 Å². The molecular weight excluding hydrogens is 224 g/mol. The van der Waals surface area contributed by atoms with Crippen molar-refractivity contribution in [1.82, 2.24) is 0 Å². The molecule has 2 rings (SSSR count). The van der Waals surface area contributed by atoms with Gasteiger partial charge in [-0.25, -0.2) is 0 Å². The number of benzene rings is 2. The van der Waals surface area contributed by atoms with Crippen molar-refractivity contribution in [3.63, 3.8) is 0 Å². The van der Waals surface area contributed by atoms with Crippen LogP contribution >= 0.6 is 0 Å². The van der Waals surface area contributed by atoms with Gasteiger partial charge in [0.15, 0.2) is 0 Å². The third-order valence-corrected chi connectivity index (χ3v) is 3.16. The van der Waals surface area contributed by atoms with Crippen LogP contribution in [0.1, 0.15) is 31.7 Å². The topological polar surface area (TPSA) is 26.3 Å². The van der Waals surface area contributed by atoms with E-state index in [0.717, 1.165) is 17.4 Å². The molecule has 0 aliphatic carbocycles. The molecule has 2 nitrogen and oxygen atoms in total. The van der Waals surface area contributed by atoms with Crippen LogP contribution in [0.3, 0.4) is 0 Å². The summed E-state index contributed by atoms with van der Waals surface area (Å²) in [5.41, 5.74) is 1.04. The predicted molar refractivity (Wildman–Crippen MR) is 73.6 cm³/mol. The Morgan fingerprint density at radius 3 is 2.50 bits per heavy atom. The number of ether oxygens (including phenoxy) is 1. The minimum Gasteiger partial charge on any atom is -0.466 e. The van der Waals surface area contributed by atoms with Gasteiger partial charge in [0.25, 0.3) is 0 Å². The Balaban J connectivity index is 2.36. The van der Waals surface area contributed by atoms with Crippen molar-refractivity contribution >= 4 is 16.7 Å². The maximum atomic E-state index is 11.9. The van der Waals surface area contributed by atoms with Crippen LogP contribution in [0.25, 0.3) is 10.8 Å². The number of esters is 1. The van der Waals surface area contributed by atoms with Crippen LogP contribution in [-0.2, 0) is 9.53 Å². The minimum absolute atomic E-state index is 0.129. The highest BCUT2D eigenvalue weighted by Crippen LogP contribution is 2.25. The standard InChI is InChI=1S/C16H18O2/c1-3-15(16(17)18-4-2)14-10-9-12-7-5-6-8-13(12)11-14/h5-11,15H,3-4H2,1-2H3. The lowest BCUT2D eigenvalue weighted by molar-refractivity contribution is -0.145. The van der Waals surface area contributed by atoms with Gasteiger partial charge in [-0.15, -0.1) is 0 Å². The van der Waals surface area contributed by atoms with Crippen LogP contribution in [0.15, 0.2) is 42.5 Å². The molecule has 0 aromatic heterocycles. The van der Waals surface area contributed by atoms with E-state index in [0.29, 0.717) is 6.61 Å². The summed E-state index contributed by atoms with van der Waals surface area (Å²) >= 11 is 0. The summed E-state index contributed by atoms with van der Waals surface area (Å²) < 4.78 is 5.12. The highest BCUT2D eigenvalue weighted by atomic mass is 16.5. The fourth-order valence-electron chi connectivity index (χ4n) is 2.21. The minimum atomic E-state index is -0.158. The average Bonchev–Trinajstić information content (AvgIpc) is 2.40. The van der Waals surface area contributed by atoms with Gasteiger partial charge < -0.3 is 4.74 Å². The second kappa shape index (κ2) is 5.67. The first kappa shape index (κ1) is 12.6. The van der Waals surface area contributed by atoms with E-state index in [4.69, 9.17) is 4.74 Å². The molecule has 94 valence electrons. The van der Waals surface area contributed by atoms with E-state index >= 15 is 0 Å². The van der Waals surface area contributed by atoms with Gasteiger partial charge in [0.05, 0.1) is 12.5 Å². The normalized spacial score (nSPS) is 12.3. The molecule has 2 heteroatoms. The van der Waals surface area contributed by atoms with E-state index in [1.54, 1.807) is 0 Å².